The second-order valence-corrected chi connectivity index (χ2v) is 3.00. The largest absolute Gasteiger partial charge is 0.382 e. The molecule has 0 unspecified atom stereocenters. The number of nitrogens with one attached hydrogen (secondary N) is 1. The third-order valence-corrected chi connectivity index (χ3v) is 2.05. The van der Waals surface area contributed by atoms with Gasteiger partial charge < -0.3 is 5.32 Å². The Labute approximate surface area is 78.0 Å². The lowest BCUT2D eigenvalue weighted by atomic mass is 10.1. The van der Waals surface area contributed by atoms with Gasteiger partial charge in [-0.2, -0.15) is 0 Å². The monoisotopic (exact) mass is 172 g/mol. The quantitative estimate of drug-likeness (QED) is 0.683. The van der Waals surface area contributed by atoms with Crippen LogP contribution in [-0.2, 0) is 0 Å². The molecule has 1 aromatic carbocycles. The first-order valence-corrected chi connectivity index (χ1v) is 4.41. The van der Waals surface area contributed by atoms with E-state index in [0.717, 1.165) is 30.1 Å². The molecule has 0 radical (unpaired) electrons. The van der Waals surface area contributed by atoms with Crippen LogP contribution in [0.3, 0.4) is 0 Å². The van der Waals surface area contributed by atoms with Gasteiger partial charge in [0.25, 0.3) is 0 Å². The predicted octanol–water partition coefficient (Wildman–Crippen LogP) is 1.59. The maximum Gasteiger partial charge on any atom is 0.0872 e. The molecule has 0 saturated heterocycles. The van der Waals surface area contributed by atoms with E-state index in [1.54, 1.807) is 0 Å². The molecule has 0 atom stereocenters. The van der Waals surface area contributed by atoms with E-state index < -0.39 is 0 Å². The van der Waals surface area contributed by atoms with Gasteiger partial charge >= 0.3 is 0 Å². The standard InChI is InChI=1S/C11H12N2/c1-9-11(13-8-7-12-9)10-5-3-2-4-6-10/h2-6,12H,1,7-8H2. The summed E-state index contributed by atoms with van der Waals surface area (Å²) in [7, 11) is 0. The fourth-order valence-corrected chi connectivity index (χ4v) is 1.42. The van der Waals surface area contributed by atoms with Gasteiger partial charge in [0.05, 0.1) is 18.0 Å². The van der Waals surface area contributed by atoms with E-state index in [-0.39, 0.29) is 0 Å². The minimum absolute atomic E-state index is 0.837. The van der Waals surface area contributed by atoms with Crippen LogP contribution in [0.25, 0.3) is 0 Å². The number of nitrogens with zero attached hydrogens (tertiary/aromatic N) is 1. The summed E-state index contributed by atoms with van der Waals surface area (Å²) in [6, 6.07) is 10.1. The molecule has 0 aliphatic carbocycles. The van der Waals surface area contributed by atoms with Crippen LogP contribution >= 0.6 is 0 Å². The van der Waals surface area contributed by atoms with Crippen molar-refractivity contribution in [1.82, 2.24) is 5.32 Å². The zero-order valence-corrected chi connectivity index (χ0v) is 7.46. The summed E-state index contributed by atoms with van der Waals surface area (Å²) >= 11 is 0. The van der Waals surface area contributed by atoms with Crippen molar-refractivity contribution in [3.63, 3.8) is 0 Å². The van der Waals surface area contributed by atoms with E-state index in [1.165, 1.54) is 0 Å². The van der Waals surface area contributed by atoms with Crippen molar-refractivity contribution in [3.05, 3.63) is 48.2 Å². The number of allylic oxidation sites excluding steroid dienone is 1. The summed E-state index contributed by atoms with van der Waals surface area (Å²) in [5.74, 6) is 0. The molecule has 1 aliphatic heterocycles. The van der Waals surface area contributed by atoms with Gasteiger partial charge in [-0.25, -0.2) is 0 Å². The van der Waals surface area contributed by atoms with Crippen molar-refractivity contribution in [2.45, 2.75) is 0 Å². The average Bonchev–Trinajstić information content (AvgIpc) is 2.20. The lowest BCUT2D eigenvalue weighted by Gasteiger charge is -2.16. The van der Waals surface area contributed by atoms with Gasteiger partial charge in [-0.3, -0.25) is 4.99 Å². The van der Waals surface area contributed by atoms with Gasteiger partial charge in [0.15, 0.2) is 0 Å². The van der Waals surface area contributed by atoms with Gasteiger partial charge in [0, 0.05) is 12.1 Å². The fourth-order valence-electron chi connectivity index (χ4n) is 1.42. The van der Waals surface area contributed by atoms with Gasteiger partial charge in [-0.1, -0.05) is 36.9 Å². The Hall–Kier alpha value is -1.57. The lowest BCUT2D eigenvalue weighted by molar-refractivity contribution is 0.798. The highest BCUT2D eigenvalue weighted by molar-refractivity contribution is 6.12. The zero-order chi connectivity index (χ0) is 9.10. The van der Waals surface area contributed by atoms with Crippen LogP contribution in [0.4, 0.5) is 0 Å². The van der Waals surface area contributed by atoms with Gasteiger partial charge in [0.1, 0.15) is 0 Å². The zero-order valence-electron chi connectivity index (χ0n) is 7.46. The Bertz CT molecular complexity index is 338. The second-order valence-electron chi connectivity index (χ2n) is 3.00. The fraction of sp³-hybridized carbons (Fsp3) is 0.182. The molecule has 0 bridgehead atoms. The molecule has 0 spiro atoms. The van der Waals surface area contributed by atoms with E-state index in [0.29, 0.717) is 0 Å². The summed E-state index contributed by atoms with van der Waals surface area (Å²) in [5.41, 5.74) is 3.06. The van der Waals surface area contributed by atoms with Gasteiger partial charge in [-0.05, 0) is 0 Å². The van der Waals surface area contributed by atoms with Crippen LogP contribution in [0.1, 0.15) is 5.56 Å². The number of aliphatic imine (C=N–C) groups is 1. The molecule has 1 N–H and O–H groups in total. The van der Waals surface area contributed by atoms with Crippen molar-refractivity contribution < 1.29 is 0 Å². The van der Waals surface area contributed by atoms with Gasteiger partial charge in [-0.15, -0.1) is 0 Å². The third-order valence-electron chi connectivity index (χ3n) is 2.05. The lowest BCUT2D eigenvalue weighted by Crippen LogP contribution is -2.28. The molecule has 1 aliphatic rings. The molecule has 2 heteroatoms. The van der Waals surface area contributed by atoms with Crippen molar-refractivity contribution >= 4 is 5.71 Å². The highest BCUT2D eigenvalue weighted by Crippen LogP contribution is 2.08. The summed E-state index contributed by atoms with van der Waals surface area (Å²) in [6.07, 6.45) is 0. The first-order chi connectivity index (χ1) is 6.38. The maximum absolute atomic E-state index is 4.44. The van der Waals surface area contributed by atoms with Gasteiger partial charge in [0.2, 0.25) is 0 Å². The third kappa shape index (κ3) is 1.61. The molecule has 0 amide bonds. The first-order valence-electron chi connectivity index (χ1n) is 4.41. The maximum atomic E-state index is 4.44. The molecule has 66 valence electrons. The molecule has 2 nitrogen and oxygen atoms in total. The van der Waals surface area contributed by atoms with Crippen LogP contribution in [0.2, 0.25) is 0 Å². The van der Waals surface area contributed by atoms with Crippen LogP contribution < -0.4 is 5.32 Å². The van der Waals surface area contributed by atoms with Crippen molar-refractivity contribution in [1.29, 1.82) is 0 Å². The van der Waals surface area contributed by atoms with E-state index in [4.69, 9.17) is 0 Å². The number of hydrogen-bond donors (Lipinski definition) is 1. The van der Waals surface area contributed by atoms with E-state index in [1.807, 2.05) is 18.2 Å². The highest BCUT2D eigenvalue weighted by atomic mass is 15.0. The van der Waals surface area contributed by atoms with Crippen LogP contribution in [0.5, 0.6) is 0 Å². The Morgan fingerprint density at radius 3 is 2.69 bits per heavy atom. The van der Waals surface area contributed by atoms with Crippen LogP contribution in [0, 0.1) is 0 Å². The minimum Gasteiger partial charge on any atom is -0.382 e. The summed E-state index contributed by atoms with van der Waals surface area (Å²) in [5, 5.41) is 3.21. The summed E-state index contributed by atoms with van der Waals surface area (Å²) < 4.78 is 0. The molecular formula is C11H12N2. The smallest absolute Gasteiger partial charge is 0.0872 e. The average molecular weight is 172 g/mol. The Balaban J connectivity index is 2.35. The molecule has 1 heterocycles. The number of benzene rings is 1. The first kappa shape index (κ1) is 8.05. The number of rotatable bonds is 1. The summed E-state index contributed by atoms with van der Waals surface area (Å²) in [6.45, 7) is 5.66. The molecule has 0 aromatic heterocycles. The van der Waals surface area contributed by atoms with E-state index >= 15 is 0 Å². The van der Waals surface area contributed by atoms with Crippen molar-refractivity contribution in [2.24, 2.45) is 4.99 Å². The molecule has 13 heavy (non-hydrogen) atoms. The summed E-state index contributed by atoms with van der Waals surface area (Å²) in [4.78, 5) is 4.44. The predicted molar refractivity (Wildman–Crippen MR) is 55.0 cm³/mol. The van der Waals surface area contributed by atoms with E-state index in [2.05, 4.69) is 29.0 Å². The molecule has 2 rings (SSSR count). The highest BCUT2D eigenvalue weighted by Gasteiger charge is 2.09. The molecule has 0 saturated carbocycles. The number of hydrogen-bond acceptors (Lipinski definition) is 2. The normalized spacial score (nSPS) is 16.3. The van der Waals surface area contributed by atoms with E-state index in [9.17, 15) is 0 Å². The Morgan fingerprint density at radius 2 is 2.00 bits per heavy atom. The van der Waals surface area contributed by atoms with Crippen LogP contribution in [0.15, 0.2) is 47.6 Å². The second kappa shape index (κ2) is 3.44. The Morgan fingerprint density at radius 1 is 1.23 bits per heavy atom. The molecular weight excluding hydrogens is 160 g/mol. The topological polar surface area (TPSA) is 24.4 Å². The SMILES string of the molecule is C=C1NCCN=C1c1ccccc1. The van der Waals surface area contributed by atoms with Crippen molar-refractivity contribution in [2.75, 3.05) is 13.1 Å². The molecule has 1 aromatic rings. The molecule has 0 fully saturated rings. The van der Waals surface area contributed by atoms with Crippen molar-refractivity contribution in [3.8, 4) is 0 Å². The minimum atomic E-state index is 0.837. The van der Waals surface area contributed by atoms with Crippen LogP contribution in [-0.4, -0.2) is 18.8 Å². The Kier molecular flexibility index (Phi) is 2.13.